The van der Waals surface area contributed by atoms with Crippen LogP contribution in [0.2, 0.25) is 0 Å². The topological polar surface area (TPSA) is 75.6 Å². The Labute approximate surface area is 104 Å². The number of amides is 1. The van der Waals surface area contributed by atoms with Gasteiger partial charge < -0.3 is 15.2 Å². The minimum absolute atomic E-state index is 0.0777. The first-order valence-corrected chi connectivity index (χ1v) is 5.31. The fraction of sp³-hybridized carbons (Fsp3) is 0.333. The van der Waals surface area contributed by atoms with Gasteiger partial charge in [-0.05, 0) is 12.1 Å². The van der Waals surface area contributed by atoms with Crippen LogP contribution in [0.25, 0.3) is 0 Å². The zero-order valence-corrected chi connectivity index (χ0v) is 10.1. The molecule has 0 heterocycles. The van der Waals surface area contributed by atoms with E-state index in [2.05, 4.69) is 5.32 Å². The molecule has 1 amide bonds. The van der Waals surface area contributed by atoms with Crippen LogP contribution in [0.3, 0.4) is 0 Å². The van der Waals surface area contributed by atoms with Crippen molar-refractivity contribution in [3.63, 3.8) is 0 Å². The SMILES string of the molecule is COc1cccc(F)c1C(=O)NCC(C)C(=O)O. The van der Waals surface area contributed by atoms with E-state index in [0.717, 1.165) is 6.07 Å². The number of carboxylic acids is 1. The summed E-state index contributed by atoms with van der Waals surface area (Å²) in [5.41, 5.74) is -0.224. The standard InChI is InChI=1S/C12H14FNO4/c1-7(12(16)17)6-14-11(15)10-8(13)4-3-5-9(10)18-2/h3-5,7H,6H2,1-2H3,(H,14,15)(H,16,17). The molecule has 0 spiro atoms. The second kappa shape index (κ2) is 6.00. The van der Waals surface area contributed by atoms with E-state index in [9.17, 15) is 14.0 Å². The van der Waals surface area contributed by atoms with E-state index in [1.807, 2.05) is 0 Å². The summed E-state index contributed by atoms with van der Waals surface area (Å²) in [5, 5.41) is 11.0. The molecule has 0 aliphatic heterocycles. The van der Waals surface area contributed by atoms with Crippen LogP contribution in [0.4, 0.5) is 4.39 Å². The van der Waals surface area contributed by atoms with Crippen LogP contribution in [0.5, 0.6) is 5.75 Å². The normalized spacial score (nSPS) is 11.7. The lowest BCUT2D eigenvalue weighted by Crippen LogP contribution is -2.32. The van der Waals surface area contributed by atoms with Crippen LogP contribution in [-0.4, -0.2) is 30.6 Å². The Kier molecular flexibility index (Phi) is 4.65. The Morgan fingerprint density at radius 2 is 2.17 bits per heavy atom. The summed E-state index contributed by atoms with van der Waals surface area (Å²) in [7, 11) is 1.32. The van der Waals surface area contributed by atoms with E-state index in [-0.39, 0.29) is 17.9 Å². The van der Waals surface area contributed by atoms with E-state index < -0.39 is 23.6 Å². The first-order valence-electron chi connectivity index (χ1n) is 5.31. The van der Waals surface area contributed by atoms with Gasteiger partial charge in [-0.1, -0.05) is 13.0 Å². The molecule has 2 N–H and O–H groups in total. The van der Waals surface area contributed by atoms with E-state index in [1.165, 1.54) is 26.2 Å². The Morgan fingerprint density at radius 1 is 1.50 bits per heavy atom. The lowest BCUT2D eigenvalue weighted by Gasteiger charge is -2.11. The van der Waals surface area contributed by atoms with Crippen LogP contribution in [0.1, 0.15) is 17.3 Å². The van der Waals surface area contributed by atoms with E-state index in [1.54, 1.807) is 0 Å². The fourth-order valence-electron chi connectivity index (χ4n) is 1.32. The summed E-state index contributed by atoms with van der Waals surface area (Å²) in [5.74, 6) is -3.08. The first kappa shape index (κ1) is 14.0. The number of benzene rings is 1. The van der Waals surface area contributed by atoms with Gasteiger partial charge in [-0.3, -0.25) is 9.59 Å². The summed E-state index contributed by atoms with van der Waals surface area (Å²) in [6.45, 7) is 1.37. The molecular formula is C12H14FNO4. The van der Waals surface area contributed by atoms with Gasteiger partial charge in [0.1, 0.15) is 17.1 Å². The molecule has 1 atom stereocenters. The van der Waals surface area contributed by atoms with Crippen LogP contribution in [-0.2, 0) is 4.79 Å². The van der Waals surface area contributed by atoms with Gasteiger partial charge in [0.05, 0.1) is 13.0 Å². The highest BCUT2D eigenvalue weighted by atomic mass is 19.1. The van der Waals surface area contributed by atoms with Crippen molar-refractivity contribution in [2.45, 2.75) is 6.92 Å². The predicted octanol–water partition coefficient (Wildman–Crippen LogP) is 1.28. The largest absolute Gasteiger partial charge is 0.496 e. The fourth-order valence-corrected chi connectivity index (χ4v) is 1.32. The molecule has 1 aromatic rings. The summed E-state index contributed by atoms with van der Waals surface area (Å²) in [4.78, 5) is 22.3. The van der Waals surface area contributed by atoms with Gasteiger partial charge in [0.15, 0.2) is 0 Å². The molecule has 5 nitrogen and oxygen atoms in total. The monoisotopic (exact) mass is 255 g/mol. The molecule has 98 valence electrons. The van der Waals surface area contributed by atoms with Gasteiger partial charge in [-0.15, -0.1) is 0 Å². The van der Waals surface area contributed by atoms with E-state index >= 15 is 0 Å². The third kappa shape index (κ3) is 3.19. The van der Waals surface area contributed by atoms with Gasteiger partial charge in [0.2, 0.25) is 0 Å². The Morgan fingerprint density at radius 3 is 2.72 bits per heavy atom. The number of carboxylic acid groups (broad SMARTS) is 1. The quantitative estimate of drug-likeness (QED) is 0.831. The first-order chi connectivity index (χ1) is 8.47. The van der Waals surface area contributed by atoms with Gasteiger partial charge >= 0.3 is 5.97 Å². The highest BCUT2D eigenvalue weighted by Crippen LogP contribution is 2.20. The van der Waals surface area contributed by atoms with Crippen molar-refractivity contribution in [3.05, 3.63) is 29.6 Å². The maximum atomic E-state index is 13.5. The molecule has 0 aromatic heterocycles. The number of carbonyl (C=O) groups is 2. The minimum Gasteiger partial charge on any atom is -0.496 e. The molecule has 18 heavy (non-hydrogen) atoms. The van der Waals surface area contributed by atoms with Gasteiger partial charge in [-0.25, -0.2) is 4.39 Å². The molecule has 0 saturated heterocycles. The predicted molar refractivity (Wildman–Crippen MR) is 62.1 cm³/mol. The van der Waals surface area contributed by atoms with Gasteiger partial charge in [0.25, 0.3) is 5.91 Å². The van der Waals surface area contributed by atoms with Crippen LogP contribution in [0, 0.1) is 11.7 Å². The smallest absolute Gasteiger partial charge is 0.308 e. The second-order valence-electron chi connectivity index (χ2n) is 3.77. The van der Waals surface area contributed by atoms with Crippen molar-refractivity contribution in [1.82, 2.24) is 5.32 Å². The van der Waals surface area contributed by atoms with E-state index in [4.69, 9.17) is 9.84 Å². The number of carbonyl (C=O) groups excluding carboxylic acids is 1. The highest BCUT2D eigenvalue weighted by molar-refractivity contribution is 5.97. The molecular weight excluding hydrogens is 241 g/mol. The summed E-state index contributed by atoms with van der Waals surface area (Å²) in [6.07, 6.45) is 0. The average molecular weight is 255 g/mol. The Bertz CT molecular complexity index is 461. The number of hydrogen-bond acceptors (Lipinski definition) is 3. The molecule has 1 aromatic carbocycles. The lowest BCUT2D eigenvalue weighted by atomic mass is 10.1. The molecule has 0 aliphatic carbocycles. The number of hydrogen-bond donors (Lipinski definition) is 2. The summed E-state index contributed by atoms with van der Waals surface area (Å²) >= 11 is 0. The maximum Gasteiger partial charge on any atom is 0.308 e. The van der Waals surface area contributed by atoms with Crippen molar-refractivity contribution in [1.29, 1.82) is 0 Å². The number of methoxy groups -OCH3 is 1. The third-order valence-electron chi connectivity index (χ3n) is 2.41. The third-order valence-corrected chi connectivity index (χ3v) is 2.41. The summed E-state index contributed by atoms with van der Waals surface area (Å²) < 4.78 is 18.4. The molecule has 0 radical (unpaired) electrons. The van der Waals surface area contributed by atoms with Gasteiger partial charge in [0, 0.05) is 6.54 Å². The molecule has 1 unspecified atom stereocenters. The number of halogens is 1. The van der Waals surface area contributed by atoms with Crippen molar-refractivity contribution >= 4 is 11.9 Å². The molecule has 0 saturated carbocycles. The lowest BCUT2D eigenvalue weighted by molar-refractivity contribution is -0.140. The number of nitrogens with one attached hydrogen (secondary N) is 1. The second-order valence-corrected chi connectivity index (χ2v) is 3.77. The summed E-state index contributed by atoms with van der Waals surface area (Å²) in [6, 6.07) is 4.02. The van der Waals surface area contributed by atoms with Gasteiger partial charge in [-0.2, -0.15) is 0 Å². The number of ether oxygens (including phenoxy) is 1. The average Bonchev–Trinajstić information content (AvgIpc) is 2.34. The zero-order valence-electron chi connectivity index (χ0n) is 10.1. The molecule has 6 heteroatoms. The van der Waals surface area contributed by atoms with Crippen LogP contribution >= 0.6 is 0 Å². The van der Waals surface area contributed by atoms with Crippen LogP contribution in [0.15, 0.2) is 18.2 Å². The van der Waals surface area contributed by atoms with Crippen molar-refractivity contribution < 1.29 is 23.8 Å². The number of rotatable bonds is 5. The Balaban J connectivity index is 2.81. The minimum atomic E-state index is -1.03. The van der Waals surface area contributed by atoms with Crippen molar-refractivity contribution in [2.24, 2.45) is 5.92 Å². The molecule has 0 fully saturated rings. The van der Waals surface area contributed by atoms with Crippen LogP contribution < -0.4 is 10.1 Å². The molecule has 0 bridgehead atoms. The van der Waals surface area contributed by atoms with E-state index in [0.29, 0.717) is 0 Å². The molecule has 1 rings (SSSR count). The zero-order chi connectivity index (χ0) is 13.7. The highest BCUT2D eigenvalue weighted by Gasteiger charge is 2.19. The van der Waals surface area contributed by atoms with Crippen molar-refractivity contribution in [2.75, 3.05) is 13.7 Å². The molecule has 0 aliphatic rings. The maximum absolute atomic E-state index is 13.5. The number of aliphatic carboxylic acids is 1. The van der Waals surface area contributed by atoms with Crippen molar-refractivity contribution in [3.8, 4) is 5.75 Å². The Hall–Kier alpha value is -2.11.